The summed E-state index contributed by atoms with van der Waals surface area (Å²) in [4.78, 5) is 19.8. The highest BCUT2D eigenvalue weighted by atomic mass is 16.6. The van der Waals surface area contributed by atoms with Gasteiger partial charge >= 0.3 is 0 Å². The van der Waals surface area contributed by atoms with E-state index in [-0.39, 0.29) is 5.91 Å². The van der Waals surface area contributed by atoms with Gasteiger partial charge < -0.3 is 10.3 Å². The minimum atomic E-state index is -0.166. The molecule has 0 saturated heterocycles. The number of hydrogen-bond acceptors (Lipinski definition) is 5. The largest absolute Gasteiger partial charge is 0.348 e. The summed E-state index contributed by atoms with van der Waals surface area (Å²) >= 11 is 0. The molecule has 7 nitrogen and oxygen atoms in total. The molecule has 0 saturated carbocycles. The lowest BCUT2D eigenvalue weighted by molar-refractivity contribution is 0.0951. The van der Waals surface area contributed by atoms with Crippen LogP contribution in [-0.2, 0) is 6.54 Å². The van der Waals surface area contributed by atoms with E-state index in [0.717, 1.165) is 11.1 Å². The van der Waals surface area contributed by atoms with E-state index in [1.165, 1.54) is 0 Å². The second-order valence-electron chi connectivity index (χ2n) is 5.25. The Morgan fingerprint density at radius 3 is 2.88 bits per heavy atom. The number of hydrogen-bond donors (Lipinski definition) is 2. The minimum absolute atomic E-state index is 0.166. The van der Waals surface area contributed by atoms with Gasteiger partial charge in [0.25, 0.3) is 5.91 Å². The fourth-order valence-electron chi connectivity index (χ4n) is 2.52. The minimum Gasteiger partial charge on any atom is -0.348 e. The molecule has 1 amide bonds. The van der Waals surface area contributed by atoms with Gasteiger partial charge in [-0.3, -0.25) is 4.79 Å². The van der Waals surface area contributed by atoms with Gasteiger partial charge in [0.2, 0.25) is 0 Å². The molecule has 0 atom stereocenters. The third-order valence-corrected chi connectivity index (χ3v) is 3.70. The zero-order valence-corrected chi connectivity index (χ0v) is 12.6. The number of H-pyrrole nitrogens is 1. The Bertz CT molecular complexity index is 991. The van der Waals surface area contributed by atoms with E-state index in [4.69, 9.17) is 0 Å². The predicted octanol–water partition coefficient (Wildman–Crippen LogP) is 2.54. The van der Waals surface area contributed by atoms with Crippen LogP contribution in [0.5, 0.6) is 0 Å². The van der Waals surface area contributed by atoms with Crippen LogP contribution in [0, 0.1) is 0 Å². The molecule has 0 unspecified atom stereocenters. The topological polar surface area (TPSA) is 96.7 Å². The lowest BCUT2D eigenvalue weighted by Crippen LogP contribution is -2.23. The zero-order valence-electron chi connectivity index (χ0n) is 12.6. The van der Waals surface area contributed by atoms with Crippen molar-refractivity contribution in [1.82, 2.24) is 25.6 Å². The van der Waals surface area contributed by atoms with Crippen LogP contribution in [0.2, 0.25) is 0 Å². The molecule has 0 spiro atoms. The molecule has 0 fully saturated rings. The molecule has 2 N–H and O–H groups in total. The average molecular weight is 319 g/mol. The fourth-order valence-corrected chi connectivity index (χ4v) is 2.52. The van der Waals surface area contributed by atoms with Crippen molar-refractivity contribution in [3.63, 3.8) is 0 Å². The highest BCUT2D eigenvalue weighted by molar-refractivity contribution is 6.00. The van der Waals surface area contributed by atoms with Crippen LogP contribution in [0.15, 0.2) is 59.5 Å². The van der Waals surface area contributed by atoms with E-state index in [1.54, 1.807) is 18.5 Å². The molecule has 2 heterocycles. The summed E-state index contributed by atoms with van der Waals surface area (Å²) in [6.45, 7) is 0.383. The Kier molecular flexibility index (Phi) is 3.51. The van der Waals surface area contributed by atoms with Gasteiger partial charge in [0.1, 0.15) is 16.9 Å². The number of nitrogens with zero attached hydrogens (tertiary/aromatic N) is 3. The second-order valence-corrected chi connectivity index (χ2v) is 5.25. The van der Waals surface area contributed by atoms with Crippen molar-refractivity contribution >= 4 is 16.9 Å². The molecule has 0 radical (unpaired) electrons. The molecular weight excluding hydrogens is 306 g/mol. The number of carbonyl (C=O) groups excluding carboxylic acids is 1. The standard InChI is InChI=1S/C17H13N5O2/c23-17(13-4-2-1-3-12(13)16-18-7-8-19-16)20-10-11-5-6-14-15(9-11)22-24-21-14/h1-9H,10H2,(H,18,19)(H,20,23). The smallest absolute Gasteiger partial charge is 0.252 e. The molecule has 4 aromatic rings. The predicted molar refractivity (Wildman–Crippen MR) is 87.0 cm³/mol. The van der Waals surface area contributed by atoms with E-state index < -0.39 is 0 Å². The lowest BCUT2D eigenvalue weighted by atomic mass is 10.1. The average Bonchev–Trinajstić information content (AvgIpc) is 3.30. The summed E-state index contributed by atoms with van der Waals surface area (Å²) in [5.74, 6) is 0.496. The number of fused-ring (bicyclic) bond motifs is 1. The van der Waals surface area contributed by atoms with Gasteiger partial charge in [0.05, 0.1) is 5.56 Å². The summed E-state index contributed by atoms with van der Waals surface area (Å²) < 4.78 is 4.67. The van der Waals surface area contributed by atoms with Crippen molar-refractivity contribution in [3.8, 4) is 11.4 Å². The molecular formula is C17H13N5O2. The van der Waals surface area contributed by atoms with Crippen LogP contribution in [0.4, 0.5) is 0 Å². The van der Waals surface area contributed by atoms with Crippen LogP contribution in [0.1, 0.15) is 15.9 Å². The fraction of sp³-hybridized carbons (Fsp3) is 0.0588. The van der Waals surface area contributed by atoms with Crippen molar-refractivity contribution in [3.05, 3.63) is 66.0 Å². The molecule has 0 aliphatic heterocycles. The van der Waals surface area contributed by atoms with Crippen LogP contribution < -0.4 is 5.32 Å². The third-order valence-electron chi connectivity index (χ3n) is 3.70. The highest BCUT2D eigenvalue weighted by Crippen LogP contribution is 2.20. The lowest BCUT2D eigenvalue weighted by Gasteiger charge is -2.09. The first-order chi connectivity index (χ1) is 11.8. The summed E-state index contributed by atoms with van der Waals surface area (Å²) in [5, 5.41) is 10.5. The summed E-state index contributed by atoms with van der Waals surface area (Å²) in [6, 6.07) is 12.9. The van der Waals surface area contributed by atoms with Gasteiger partial charge in [0.15, 0.2) is 0 Å². The molecule has 2 aromatic carbocycles. The number of amides is 1. The molecule has 118 valence electrons. The van der Waals surface area contributed by atoms with Crippen LogP contribution >= 0.6 is 0 Å². The van der Waals surface area contributed by atoms with Gasteiger partial charge in [-0.25, -0.2) is 9.61 Å². The van der Waals surface area contributed by atoms with Gasteiger partial charge in [-0.05, 0) is 34.1 Å². The molecule has 7 heteroatoms. The Hall–Kier alpha value is -3.48. The van der Waals surface area contributed by atoms with E-state index in [1.807, 2.05) is 36.4 Å². The molecule has 4 rings (SSSR count). The normalized spacial score (nSPS) is 10.8. The van der Waals surface area contributed by atoms with Crippen molar-refractivity contribution in [2.45, 2.75) is 6.54 Å². The van der Waals surface area contributed by atoms with Crippen molar-refractivity contribution in [1.29, 1.82) is 0 Å². The van der Waals surface area contributed by atoms with E-state index in [2.05, 4.69) is 30.2 Å². The second kappa shape index (κ2) is 5.96. The van der Waals surface area contributed by atoms with Gasteiger partial charge in [-0.2, -0.15) is 0 Å². The Morgan fingerprint density at radius 1 is 1.12 bits per heavy atom. The first-order valence-electron chi connectivity index (χ1n) is 7.39. The summed E-state index contributed by atoms with van der Waals surface area (Å²) in [7, 11) is 0. The van der Waals surface area contributed by atoms with Crippen LogP contribution in [0.25, 0.3) is 22.4 Å². The summed E-state index contributed by atoms with van der Waals surface area (Å²) in [6.07, 6.45) is 3.39. The van der Waals surface area contributed by atoms with E-state index in [0.29, 0.717) is 29.0 Å². The van der Waals surface area contributed by atoms with E-state index in [9.17, 15) is 4.79 Å². The number of nitrogens with one attached hydrogen (secondary N) is 2. The maximum Gasteiger partial charge on any atom is 0.252 e. The first-order valence-corrected chi connectivity index (χ1v) is 7.39. The number of carbonyl (C=O) groups is 1. The van der Waals surface area contributed by atoms with Crippen molar-refractivity contribution in [2.75, 3.05) is 0 Å². The molecule has 0 aliphatic rings. The maximum atomic E-state index is 12.5. The number of imidazole rings is 1. The monoisotopic (exact) mass is 319 g/mol. The quantitative estimate of drug-likeness (QED) is 0.602. The van der Waals surface area contributed by atoms with Gasteiger partial charge in [-0.1, -0.05) is 24.3 Å². The number of rotatable bonds is 4. The molecule has 24 heavy (non-hydrogen) atoms. The Balaban J connectivity index is 1.54. The SMILES string of the molecule is O=C(NCc1ccc2nonc2c1)c1ccccc1-c1ncc[nH]1. The molecule has 0 aliphatic carbocycles. The molecule has 2 aromatic heterocycles. The van der Waals surface area contributed by atoms with Crippen molar-refractivity contribution < 1.29 is 9.42 Å². The van der Waals surface area contributed by atoms with Crippen LogP contribution in [0.3, 0.4) is 0 Å². The Morgan fingerprint density at radius 2 is 2.00 bits per heavy atom. The molecule has 0 bridgehead atoms. The van der Waals surface area contributed by atoms with E-state index >= 15 is 0 Å². The number of aromatic nitrogens is 4. The maximum absolute atomic E-state index is 12.5. The zero-order chi connectivity index (χ0) is 16.4. The third kappa shape index (κ3) is 2.63. The Labute approximate surface area is 136 Å². The number of aromatic amines is 1. The highest BCUT2D eigenvalue weighted by Gasteiger charge is 2.13. The van der Waals surface area contributed by atoms with Crippen LogP contribution in [-0.4, -0.2) is 26.2 Å². The van der Waals surface area contributed by atoms with Gasteiger partial charge in [-0.15, -0.1) is 0 Å². The van der Waals surface area contributed by atoms with Crippen molar-refractivity contribution in [2.24, 2.45) is 0 Å². The summed E-state index contributed by atoms with van der Waals surface area (Å²) in [5.41, 5.74) is 3.60. The number of benzene rings is 2. The first kappa shape index (κ1) is 14.1. The van der Waals surface area contributed by atoms with Gasteiger partial charge in [0, 0.05) is 24.5 Å².